The maximum Gasteiger partial charge on any atom is 0.272 e. The molecule has 2 atom stereocenters. The van der Waals surface area contributed by atoms with Crippen LogP contribution in [0.15, 0.2) is 11.6 Å². The molecular weight excluding hydrogens is 288 g/mol. The Kier molecular flexibility index (Phi) is 3.58. The van der Waals surface area contributed by atoms with Gasteiger partial charge in [-0.25, -0.2) is 9.97 Å². The molecule has 122 valence electrons. The molecule has 23 heavy (non-hydrogen) atoms. The van der Waals surface area contributed by atoms with Crippen LogP contribution in [0.5, 0.6) is 0 Å². The highest BCUT2D eigenvalue weighted by atomic mass is 16.2. The number of likely N-dealkylation sites (tertiary alicyclic amines) is 1. The highest BCUT2D eigenvalue weighted by molar-refractivity contribution is 5.94. The number of amides is 1. The number of fused-ring (bicyclic) bond motifs is 2. The third-order valence-corrected chi connectivity index (χ3v) is 5.62. The quantitative estimate of drug-likeness (QED) is 0.808. The minimum absolute atomic E-state index is 0.0595. The van der Waals surface area contributed by atoms with Gasteiger partial charge in [-0.05, 0) is 57.3 Å². The van der Waals surface area contributed by atoms with Crippen LogP contribution in [0.4, 0.5) is 5.95 Å². The molecule has 0 bridgehead atoms. The third-order valence-electron chi connectivity index (χ3n) is 5.62. The van der Waals surface area contributed by atoms with Gasteiger partial charge < -0.3 is 10.6 Å². The van der Waals surface area contributed by atoms with Crippen molar-refractivity contribution in [3.05, 3.63) is 28.6 Å². The van der Waals surface area contributed by atoms with Gasteiger partial charge in [0.2, 0.25) is 5.95 Å². The van der Waals surface area contributed by atoms with Crippen molar-refractivity contribution in [2.75, 3.05) is 18.8 Å². The Morgan fingerprint density at radius 2 is 2.00 bits per heavy atom. The Bertz CT molecular complexity index is 682. The first kappa shape index (κ1) is 14.7. The molecule has 1 aromatic rings. The molecule has 1 fully saturated rings. The van der Waals surface area contributed by atoms with E-state index in [1.807, 2.05) is 4.90 Å². The molecule has 5 heteroatoms. The third kappa shape index (κ3) is 2.62. The molecule has 1 saturated heterocycles. The van der Waals surface area contributed by atoms with Gasteiger partial charge in [0, 0.05) is 24.3 Å². The first-order chi connectivity index (χ1) is 11.1. The van der Waals surface area contributed by atoms with Crippen molar-refractivity contribution in [3.63, 3.8) is 0 Å². The molecule has 2 aliphatic carbocycles. The zero-order valence-corrected chi connectivity index (χ0v) is 13.7. The Hall–Kier alpha value is -1.91. The fourth-order valence-corrected chi connectivity index (χ4v) is 4.39. The zero-order valence-electron chi connectivity index (χ0n) is 13.7. The summed E-state index contributed by atoms with van der Waals surface area (Å²) < 4.78 is 0. The maximum absolute atomic E-state index is 13.1. The summed E-state index contributed by atoms with van der Waals surface area (Å²) in [4.78, 5) is 23.7. The van der Waals surface area contributed by atoms with Crippen LogP contribution in [0.3, 0.4) is 0 Å². The summed E-state index contributed by atoms with van der Waals surface area (Å²) in [6, 6.07) is 0. The highest BCUT2D eigenvalue weighted by Crippen LogP contribution is 2.36. The molecule has 4 rings (SSSR count). The van der Waals surface area contributed by atoms with Crippen LogP contribution in [-0.2, 0) is 12.8 Å². The summed E-state index contributed by atoms with van der Waals surface area (Å²) >= 11 is 0. The molecule has 1 aromatic heterocycles. The number of allylic oxidation sites excluding steroid dienone is 2. The minimum atomic E-state index is 0.0595. The fourth-order valence-electron chi connectivity index (χ4n) is 4.39. The summed E-state index contributed by atoms with van der Waals surface area (Å²) in [7, 11) is 0. The van der Waals surface area contributed by atoms with Gasteiger partial charge >= 0.3 is 0 Å². The molecule has 3 aliphatic rings. The summed E-state index contributed by atoms with van der Waals surface area (Å²) in [5.41, 5.74) is 9.91. The van der Waals surface area contributed by atoms with Gasteiger partial charge in [0.1, 0.15) is 5.69 Å². The van der Waals surface area contributed by atoms with Crippen molar-refractivity contribution in [2.24, 2.45) is 11.8 Å². The first-order valence-corrected chi connectivity index (χ1v) is 8.72. The lowest BCUT2D eigenvalue weighted by molar-refractivity contribution is 0.0776. The summed E-state index contributed by atoms with van der Waals surface area (Å²) in [5.74, 6) is 1.52. The standard InChI is InChI=1S/C18H24N4O/c1-11-6-7-12-9-22(10-13(12)8-11)17(23)16-14-4-2-3-5-15(14)20-18(19)21-16/h6,12-13H,2-5,7-10H2,1H3,(H2,19,20,21)/t12-,13+/m1/s1. The smallest absolute Gasteiger partial charge is 0.272 e. The lowest BCUT2D eigenvalue weighted by atomic mass is 9.83. The predicted molar refractivity (Wildman–Crippen MR) is 89.0 cm³/mol. The number of nitrogen functional groups attached to an aromatic ring is 1. The van der Waals surface area contributed by atoms with Crippen molar-refractivity contribution >= 4 is 11.9 Å². The molecule has 1 amide bonds. The molecule has 2 heterocycles. The molecule has 0 saturated carbocycles. The second kappa shape index (κ2) is 5.62. The average molecular weight is 312 g/mol. The van der Waals surface area contributed by atoms with Gasteiger partial charge in [-0.1, -0.05) is 11.6 Å². The number of aryl methyl sites for hydroxylation is 1. The molecule has 0 unspecified atom stereocenters. The van der Waals surface area contributed by atoms with E-state index in [4.69, 9.17) is 5.73 Å². The highest BCUT2D eigenvalue weighted by Gasteiger charge is 2.37. The lowest BCUT2D eigenvalue weighted by Crippen LogP contribution is -2.32. The number of nitrogens with two attached hydrogens (primary N) is 1. The van der Waals surface area contributed by atoms with E-state index < -0.39 is 0 Å². The normalized spacial score (nSPS) is 26.5. The Labute approximate surface area is 137 Å². The number of rotatable bonds is 1. The summed E-state index contributed by atoms with van der Waals surface area (Å²) in [5, 5.41) is 0. The number of anilines is 1. The minimum Gasteiger partial charge on any atom is -0.368 e. The zero-order chi connectivity index (χ0) is 16.0. The molecule has 0 radical (unpaired) electrons. The Morgan fingerprint density at radius 1 is 1.22 bits per heavy atom. The van der Waals surface area contributed by atoms with E-state index in [0.717, 1.165) is 62.9 Å². The lowest BCUT2D eigenvalue weighted by Gasteiger charge is -2.21. The maximum atomic E-state index is 13.1. The van der Waals surface area contributed by atoms with Gasteiger partial charge in [-0.3, -0.25) is 4.79 Å². The second-order valence-electron chi connectivity index (χ2n) is 7.28. The number of aromatic nitrogens is 2. The summed E-state index contributed by atoms with van der Waals surface area (Å²) in [6.07, 6.45) is 8.60. The van der Waals surface area contributed by atoms with Crippen molar-refractivity contribution < 1.29 is 4.79 Å². The molecular formula is C18H24N4O. The second-order valence-corrected chi connectivity index (χ2v) is 7.28. The predicted octanol–water partition coefficient (Wildman–Crippen LogP) is 2.37. The van der Waals surface area contributed by atoms with Crippen molar-refractivity contribution in [1.29, 1.82) is 0 Å². The SMILES string of the molecule is CC1=CC[C@@H]2CN(C(=O)c3nc(N)nc4c3CCCC4)C[C@@H]2C1. The van der Waals surface area contributed by atoms with Crippen LogP contribution in [0.25, 0.3) is 0 Å². The van der Waals surface area contributed by atoms with E-state index in [2.05, 4.69) is 23.0 Å². The van der Waals surface area contributed by atoms with Crippen LogP contribution >= 0.6 is 0 Å². The molecule has 1 aliphatic heterocycles. The van der Waals surface area contributed by atoms with E-state index in [1.54, 1.807) is 0 Å². The average Bonchev–Trinajstić information content (AvgIpc) is 2.96. The molecule has 0 aromatic carbocycles. The number of hydrogen-bond donors (Lipinski definition) is 1. The van der Waals surface area contributed by atoms with Crippen LogP contribution in [0.2, 0.25) is 0 Å². The van der Waals surface area contributed by atoms with Gasteiger partial charge in [-0.15, -0.1) is 0 Å². The van der Waals surface area contributed by atoms with Gasteiger partial charge in [-0.2, -0.15) is 0 Å². The summed E-state index contributed by atoms with van der Waals surface area (Å²) in [6.45, 7) is 3.90. The number of carbonyl (C=O) groups is 1. The number of carbonyl (C=O) groups excluding carboxylic acids is 1. The molecule has 2 N–H and O–H groups in total. The fraction of sp³-hybridized carbons (Fsp3) is 0.611. The largest absolute Gasteiger partial charge is 0.368 e. The Morgan fingerprint density at radius 3 is 2.87 bits per heavy atom. The van der Waals surface area contributed by atoms with Gasteiger partial charge in [0.15, 0.2) is 0 Å². The van der Waals surface area contributed by atoms with E-state index in [1.165, 1.54) is 5.57 Å². The van der Waals surface area contributed by atoms with Crippen LogP contribution in [-0.4, -0.2) is 33.9 Å². The van der Waals surface area contributed by atoms with Crippen LogP contribution in [0, 0.1) is 11.8 Å². The monoisotopic (exact) mass is 312 g/mol. The number of nitrogens with zero attached hydrogens (tertiary/aromatic N) is 3. The van der Waals surface area contributed by atoms with Crippen LogP contribution < -0.4 is 5.73 Å². The van der Waals surface area contributed by atoms with Crippen LogP contribution in [0.1, 0.15) is 54.4 Å². The number of hydrogen-bond acceptors (Lipinski definition) is 4. The van der Waals surface area contributed by atoms with Crippen molar-refractivity contribution in [2.45, 2.75) is 45.4 Å². The van der Waals surface area contributed by atoms with Crippen molar-refractivity contribution in [1.82, 2.24) is 14.9 Å². The Balaban J connectivity index is 1.60. The molecule has 5 nitrogen and oxygen atoms in total. The van der Waals surface area contributed by atoms with E-state index in [9.17, 15) is 4.79 Å². The van der Waals surface area contributed by atoms with E-state index >= 15 is 0 Å². The molecule has 0 spiro atoms. The van der Waals surface area contributed by atoms with E-state index in [0.29, 0.717) is 17.5 Å². The van der Waals surface area contributed by atoms with Crippen molar-refractivity contribution in [3.8, 4) is 0 Å². The van der Waals surface area contributed by atoms with Gasteiger partial charge in [0.25, 0.3) is 5.91 Å². The van der Waals surface area contributed by atoms with E-state index in [-0.39, 0.29) is 11.9 Å². The van der Waals surface area contributed by atoms with Gasteiger partial charge in [0.05, 0.1) is 0 Å². The topological polar surface area (TPSA) is 72.1 Å². The first-order valence-electron chi connectivity index (χ1n) is 8.72.